The zero-order valence-corrected chi connectivity index (χ0v) is 17.0. The summed E-state index contributed by atoms with van der Waals surface area (Å²) >= 11 is 6.15. The van der Waals surface area contributed by atoms with E-state index in [1.54, 1.807) is 62.4 Å². The standard InChI is InChI=1S/C22H20ClNO5/c1-4-27-19-12-14(9-10-18(19)28-21(25)13(2)3)11-17-22(26)29-20(24-17)15-7-5-6-8-16(15)23/h5-13H,4H2,1-3H3/b17-11-. The lowest BCUT2D eigenvalue weighted by molar-refractivity contribution is -0.138. The zero-order valence-electron chi connectivity index (χ0n) is 16.3. The minimum Gasteiger partial charge on any atom is -0.490 e. The molecule has 3 rings (SSSR count). The van der Waals surface area contributed by atoms with Crippen LogP contribution in [0.15, 0.2) is 53.2 Å². The molecule has 2 aromatic carbocycles. The molecule has 0 aromatic heterocycles. The van der Waals surface area contributed by atoms with Crippen molar-refractivity contribution in [2.24, 2.45) is 10.9 Å². The lowest BCUT2D eigenvalue weighted by Gasteiger charge is -2.12. The molecule has 1 aliphatic rings. The fourth-order valence-electron chi connectivity index (χ4n) is 2.51. The van der Waals surface area contributed by atoms with Crippen molar-refractivity contribution < 1.29 is 23.8 Å². The van der Waals surface area contributed by atoms with Crippen molar-refractivity contribution in [1.82, 2.24) is 0 Å². The van der Waals surface area contributed by atoms with Crippen LogP contribution in [0.3, 0.4) is 0 Å². The molecule has 0 saturated carbocycles. The Hall–Kier alpha value is -3.12. The highest BCUT2D eigenvalue weighted by Crippen LogP contribution is 2.31. The molecule has 0 bridgehead atoms. The lowest BCUT2D eigenvalue weighted by atomic mass is 10.1. The number of hydrogen-bond acceptors (Lipinski definition) is 6. The van der Waals surface area contributed by atoms with E-state index in [4.69, 9.17) is 25.8 Å². The van der Waals surface area contributed by atoms with Crippen molar-refractivity contribution in [3.63, 3.8) is 0 Å². The van der Waals surface area contributed by atoms with E-state index < -0.39 is 5.97 Å². The van der Waals surface area contributed by atoms with E-state index in [-0.39, 0.29) is 23.5 Å². The van der Waals surface area contributed by atoms with Gasteiger partial charge < -0.3 is 14.2 Å². The van der Waals surface area contributed by atoms with Crippen LogP contribution in [-0.2, 0) is 14.3 Å². The predicted molar refractivity (Wildman–Crippen MR) is 110 cm³/mol. The first kappa shape index (κ1) is 20.6. The summed E-state index contributed by atoms with van der Waals surface area (Å²) in [5, 5.41) is 0.440. The summed E-state index contributed by atoms with van der Waals surface area (Å²) in [6.45, 7) is 5.72. The number of rotatable bonds is 6. The van der Waals surface area contributed by atoms with E-state index in [1.807, 2.05) is 6.92 Å². The molecule has 6 nitrogen and oxygen atoms in total. The van der Waals surface area contributed by atoms with E-state index in [0.717, 1.165) is 0 Å². The Labute approximate surface area is 173 Å². The van der Waals surface area contributed by atoms with Gasteiger partial charge >= 0.3 is 11.9 Å². The summed E-state index contributed by atoms with van der Waals surface area (Å²) in [7, 11) is 0. The van der Waals surface area contributed by atoms with E-state index in [9.17, 15) is 9.59 Å². The maximum atomic E-state index is 12.2. The number of benzene rings is 2. The topological polar surface area (TPSA) is 74.2 Å². The van der Waals surface area contributed by atoms with Gasteiger partial charge in [-0.1, -0.05) is 43.6 Å². The molecule has 0 N–H and O–H groups in total. The molecular weight excluding hydrogens is 394 g/mol. The van der Waals surface area contributed by atoms with Gasteiger partial charge in [-0.15, -0.1) is 0 Å². The first-order chi connectivity index (χ1) is 13.9. The number of aliphatic imine (C=N–C) groups is 1. The van der Waals surface area contributed by atoms with Gasteiger partial charge in [0, 0.05) is 0 Å². The second kappa shape index (κ2) is 8.92. The molecular formula is C22H20ClNO5. The van der Waals surface area contributed by atoms with E-state index in [1.165, 1.54) is 0 Å². The smallest absolute Gasteiger partial charge is 0.363 e. The molecule has 0 amide bonds. The summed E-state index contributed by atoms with van der Waals surface area (Å²) in [5.74, 6) is -0.324. The molecule has 0 spiro atoms. The van der Waals surface area contributed by atoms with Crippen molar-refractivity contribution in [1.29, 1.82) is 0 Å². The highest BCUT2D eigenvalue weighted by molar-refractivity contribution is 6.34. The van der Waals surface area contributed by atoms with Crippen LogP contribution in [0, 0.1) is 5.92 Å². The van der Waals surface area contributed by atoms with Gasteiger partial charge in [0.05, 0.1) is 23.1 Å². The zero-order chi connectivity index (χ0) is 21.0. The lowest BCUT2D eigenvalue weighted by Crippen LogP contribution is -2.15. The van der Waals surface area contributed by atoms with Crippen LogP contribution >= 0.6 is 11.6 Å². The first-order valence-corrected chi connectivity index (χ1v) is 9.52. The van der Waals surface area contributed by atoms with E-state index in [2.05, 4.69) is 4.99 Å². The van der Waals surface area contributed by atoms with Crippen molar-refractivity contribution >= 4 is 35.5 Å². The highest BCUT2D eigenvalue weighted by atomic mass is 35.5. The monoisotopic (exact) mass is 413 g/mol. The van der Waals surface area contributed by atoms with Crippen LogP contribution in [0.5, 0.6) is 11.5 Å². The summed E-state index contributed by atoms with van der Waals surface area (Å²) < 4.78 is 16.2. The van der Waals surface area contributed by atoms with Gasteiger partial charge in [0.2, 0.25) is 5.90 Å². The van der Waals surface area contributed by atoms with Crippen LogP contribution in [0.1, 0.15) is 31.9 Å². The highest BCUT2D eigenvalue weighted by Gasteiger charge is 2.25. The quantitative estimate of drug-likeness (QED) is 0.391. The first-order valence-electron chi connectivity index (χ1n) is 9.15. The third-order valence-electron chi connectivity index (χ3n) is 3.98. The molecule has 2 aromatic rings. The number of halogens is 1. The van der Waals surface area contributed by atoms with Gasteiger partial charge in [0.15, 0.2) is 17.2 Å². The number of nitrogens with zero attached hydrogens (tertiary/aromatic N) is 1. The Morgan fingerprint density at radius 2 is 1.97 bits per heavy atom. The average molecular weight is 414 g/mol. The number of ether oxygens (including phenoxy) is 3. The van der Waals surface area contributed by atoms with Gasteiger partial charge in [-0.3, -0.25) is 4.79 Å². The molecule has 150 valence electrons. The van der Waals surface area contributed by atoms with Crippen LogP contribution in [-0.4, -0.2) is 24.4 Å². The summed E-state index contributed by atoms with van der Waals surface area (Å²) in [5.41, 5.74) is 1.32. The summed E-state index contributed by atoms with van der Waals surface area (Å²) in [6.07, 6.45) is 1.57. The Bertz CT molecular complexity index is 1010. The molecule has 0 radical (unpaired) electrons. The Kier molecular flexibility index (Phi) is 6.34. The SMILES string of the molecule is CCOc1cc(/C=C2\N=C(c3ccccc3Cl)OC2=O)ccc1OC(=O)C(C)C. The van der Waals surface area contributed by atoms with Crippen LogP contribution in [0.2, 0.25) is 5.02 Å². The maximum Gasteiger partial charge on any atom is 0.363 e. The van der Waals surface area contributed by atoms with Crippen LogP contribution in [0.4, 0.5) is 0 Å². The molecule has 0 saturated heterocycles. The minimum atomic E-state index is -0.576. The number of hydrogen-bond donors (Lipinski definition) is 0. The van der Waals surface area contributed by atoms with Gasteiger partial charge in [0.1, 0.15) is 0 Å². The average Bonchev–Trinajstić information content (AvgIpc) is 3.04. The second-order valence-corrected chi connectivity index (χ2v) is 6.94. The Balaban J connectivity index is 1.91. The van der Waals surface area contributed by atoms with Gasteiger partial charge in [-0.05, 0) is 42.8 Å². The van der Waals surface area contributed by atoms with Crippen LogP contribution < -0.4 is 9.47 Å². The van der Waals surface area contributed by atoms with Crippen molar-refractivity contribution in [3.05, 3.63) is 64.3 Å². The molecule has 0 aliphatic carbocycles. The number of carbonyl (C=O) groups excluding carboxylic acids is 2. The third-order valence-corrected chi connectivity index (χ3v) is 4.31. The number of esters is 2. The fraction of sp³-hybridized carbons (Fsp3) is 0.227. The molecule has 1 heterocycles. The van der Waals surface area contributed by atoms with Crippen molar-refractivity contribution in [2.75, 3.05) is 6.61 Å². The summed E-state index contributed by atoms with van der Waals surface area (Å²) in [6, 6.07) is 12.0. The van der Waals surface area contributed by atoms with E-state index in [0.29, 0.717) is 34.3 Å². The molecule has 0 fully saturated rings. The summed E-state index contributed by atoms with van der Waals surface area (Å²) in [4.78, 5) is 28.4. The van der Waals surface area contributed by atoms with E-state index >= 15 is 0 Å². The van der Waals surface area contributed by atoms with Gasteiger partial charge in [0.25, 0.3) is 0 Å². The number of carbonyl (C=O) groups is 2. The minimum absolute atomic E-state index is 0.134. The number of cyclic esters (lactones) is 1. The molecule has 7 heteroatoms. The maximum absolute atomic E-state index is 12.2. The predicted octanol–water partition coefficient (Wildman–Crippen LogP) is 4.64. The molecule has 0 unspecified atom stereocenters. The molecule has 0 atom stereocenters. The van der Waals surface area contributed by atoms with Crippen LogP contribution in [0.25, 0.3) is 6.08 Å². The fourth-order valence-corrected chi connectivity index (χ4v) is 2.73. The molecule has 1 aliphatic heterocycles. The van der Waals surface area contributed by atoms with Gasteiger partial charge in [-0.2, -0.15) is 0 Å². The largest absolute Gasteiger partial charge is 0.490 e. The van der Waals surface area contributed by atoms with Crippen molar-refractivity contribution in [3.8, 4) is 11.5 Å². The van der Waals surface area contributed by atoms with Crippen molar-refractivity contribution in [2.45, 2.75) is 20.8 Å². The Morgan fingerprint density at radius 3 is 2.66 bits per heavy atom. The second-order valence-electron chi connectivity index (χ2n) is 6.53. The third kappa shape index (κ3) is 4.84. The molecule has 29 heavy (non-hydrogen) atoms. The Morgan fingerprint density at radius 1 is 1.21 bits per heavy atom. The van der Waals surface area contributed by atoms with Gasteiger partial charge in [-0.25, -0.2) is 9.79 Å². The normalized spacial score (nSPS) is 14.7.